The molecule has 1 rings (SSSR count). The van der Waals surface area contributed by atoms with Crippen molar-refractivity contribution >= 4 is 8.07 Å². The van der Waals surface area contributed by atoms with E-state index in [-0.39, 0.29) is 0 Å². The second-order valence-electron chi connectivity index (χ2n) is 7.31. The minimum Gasteiger partial charge on any atom is -0.386 e. The SMILES string of the molecule is CCCCCC/C=C(/C1(O)CCCCC1)[Si](C)(C)C. The molecular formula is C17H34OSi. The minimum absolute atomic E-state index is 0.451. The van der Waals surface area contributed by atoms with Gasteiger partial charge in [-0.25, -0.2) is 0 Å². The first kappa shape index (κ1) is 17.0. The van der Waals surface area contributed by atoms with Gasteiger partial charge < -0.3 is 5.11 Å². The quantitative estimate of drug-likeness (QED) is 0.486. The van der Waals surface area contributed by atoms with Gasteiger partial charge in [-0.1, -0.05) is 76.4 Å². The highest BCUT2D eigenvalue weighted by atomic mass is 28.3. The Hall–Kier alpha value is -0.0831. The van der Waals surface area contributed by atoms with Crippen LogP contribution in [0, 0.1) is 0 Å². The molecular weight excluding hydrogens is 248 g/mol. The molecule has 0 saturated heterocycles. The maximum atomic E-state index is 11.0. The molecule has 0 amide bonds. The van der Waals surface area contributed by atoms with Gasteiger partial charge in [0.15, 0.2) is 0 Å². The maximum Gasteiger partial charge on any atom is 0.0822 e. The lowest BCUT2D eigenvalue weighted by molar-refractivity contribution is 0.0452. The molecule has 1 fully saturated rings. The van der Waals surface area contributed by atoms with Crippen molar-refractivity contribution in [1.29, 1.82) is 0 Å². The molecule has 1 saturated carbocycles. The first-order valence-corrected chi connectivity index (χ1v) is 11.8. The van der Waals surface area contributed by atoms with Gasteiger partial charge in [-0.05, 0) is 25.7 Å². The summed E-state index contributed by atoms with van der Waals surface area (Å²) in [7, 11) is -1.40. The van der Waals surface area contributed by atoms with Crippen LogP contribution < -0.4 is 0 Å². The summed E-state index contributed by atoms with van der Waals surface area (Å²) in [6.45, 7) is 9.42. The Morgan fingerprint density at radius 3 is 2.21 bits per heavy atom. The topological polar surface area (TPSA) is 20.2 Å². The fraction of sp³-hybridized carbons (Fsp3) is 0.882. The molecule has 0 aromatic carbocycles. The summed E-state index contributed by atoms with van der Waals surface area (Å²) in [5.74, 6) is 0. The third-order valence-corrected chi connectivity index (χ3v) is 6.68. The van der Waals surface area contributed by atoms with Crippen molar-refractivity contribution in [2.45, 2.75) is 96.4 Å². The van der Waals surface area contributed by atoms with Crippen molar-refractivity contribution in [2.24, 2.45) is 0 Å². The highest BCUT2D eigenvalue weighted by Crippen LogP contribution is 2.38. The smallest absolute Gasteiger partial charge is 0.0822 e. The Bertz CT molecular complexity index is 282. The first-order valence-electron chi connectivity index (χ1n) is 8.33. The lowest BCUT2D eigenvalue weighted by Gasteiger charge is -2.40. The van der Waals surface area contributed by atoms with E-state index < -0.39 is 13.7 Å². The number of hydrogen-bond donors (Lipinski definition) is 1. The molecule has 0 radical (unpaired) electrons. The lowest BCUT2D eigenvalue weighted by Crippen LogP contribution is -2.44. The normalized spacial score (nSPS) is 20.6. The molecule has 0 aliphatic heterocycles. The molecule has 2 heteroatoms. The number of rotatable bonds is 7. The summed E-state index contributed by atoms with van der Waals surface area (Å²) in [5.41, 5.74) is -0.451. The van der Waals surface area contributed by atoms with Gasteiger partial charge in [0.1, 0.15) is 0 Å². The van der Waals surface area contributed by atoms with Gasteiger partial charge in [0, 0.05) is 0 Å². The molecule has 19 heavy (non-hydrogen) atoms. The van der Waals surface area contributed by atoms with E-state index in [1.165, 1.54) is 56.6 Å². The Labute approximate surface area is 121 Å². The van der Waals surface area contributed by atoms with Crippen LogP contribution in [0.4, 0.5) is 0 Å². The fourth-order valence-electron chi connectivity index (χ4n) is 3.42. The molecule has 112 valence electrons. The van der Waals surface area contributed by atoms with Crippen molar-refractivity contribution < 1.29 is 5.11 Å². The van der Waals surface area contributed by atoms with Crippen LogP contribution in [0.2, 0.25) is 19.6 Å². The molecule has 1 nitrogen and oxygen atoms in total. The number of hydrogen-bond acceptors (Lipinski definition) is 1. The van der Waals surface area contributed by atoms with Gasteiger partial charge in [-0.2, -0.15) is 0 Å². The summed E-state index contributed by atoms with van der Waals surface area (Å²) in [6, 6.07) is 0. The third-order valence-electron chi connectivity index (χ3n) is 4.40. The average Bonchev–Trinajstić information content (AvgIpc) is 2.32. The molecule has 0 bridgehead atoms. The number of aliphatic hydroxyl groups is 1. The van der Waals surface area contributed by atoms with E-state index in [2.05, 4.69) is 32.6 Å². The second kappa shape index (κ2) is 7.63. The molecule has 0 aromatic rings. The second-order valence-corrected chi connectivity index (χ2v) is 12.3. The van der Waals surface area contributed by atoms with Crippen molar-refractivity contribution in [2.75, 3.05) is 0 Å². The molecule has 0 atom stereocenters. The van der Waals surface area contributed by atoms with E-state index in [1.54, 1.807) is 0 Å². The number of unbranched alkanes of at least 4 members (excludes halogenated alkanes) is 4. The molecule has 1 aliphatic carbocycles. The minimum atomic E-state index is -1.40. The van der Waals surface area contributed by atoms with Gasteiger partial charge in [-0.15, -0.1) is 0 Å². The standard InChI is InChI=1S/C17H34OSi/c1-5-6-7-8-10-13-16(19(2,3)4)17(18)14-11-9-12-15-17/h13,18H,5-12,14-15H2,1-4H3/b16-13-. The van der Waals surface area contributed by atoms with Crippen LogP contribution in [0.25, 0.3) is 0 Å². The van der Waals surface area contributed by atoms with Gasteiger partial charge in [0.25, 0.3) is 0 Å². The summed E-state index contributed by atoms with van der Waals surface area (Å²) < 4.78 is 0. The fourth-order valence-corrected chi connectivity index (χ4v) is 5.82. The third kappa shape index (κ3) is 5.43. The van der Waals surface area contributed by atoms with Gasteiger partial charge in [0.2, 0.25) is 0 Å². The van der Waals surface area contributed by atoms with Crippen LogP contribution in [-0.2, 0) is 0 Å². The van der Waals surface area contributed by atoms with Crippen LogP contribution in [-0.4, -0.2) is 18.8 Å². The molecule has 0 unspecified atom stereocenters. The largest absolute Gasteiger partial charge is 0.386 e. The van der Waals surface area contributed by atoms with E-state index in [0.29, 0.717) is 0 Å². The molecule has 0 aromatic heterocycles. The van der Waals surface area contributed by atoms with Crippen LogP contribution in [0.1, 0.15) is 71.1 Å². The molecule has 0 spiro atoms. The van der Waals surface area contributed by atoms with Crippen molar-refractivity contribution in [3.8, 4) is 0 Å². The monoisotopic (exact) mass is 282 g/mol. The zero-order valence-electron chi connectivity index (χ0n) is 13.6. The highest BCUT2D eigenvalue weighted by Gasteiger charge is 2.39. The van der Waals surface area contributed by atoms with Gasteiger partial charge in [-0.3, -0.25) is 0 Å². The Kier molecular flexibility index (Phi) is 6.82. The first-order chi connectivity index (χ1) is 8.90. The summed E-state index contributed by atoms with van der Waals surface area (Å²) in [4.78, 5) is 0. The molecule has 1 N–H and O–H groups in total. The molecule has 0 heterocycles. The van der Waals surface area contributed by atoms with E-state index in [0.717, 1.165) is 12.8 Å². The van der Waals surface area contributed by atoms with E-state index in [1.807, 2.05) is 0 Å². The van der Waals surface area contributed by atoms with Crippen molar-refractivity contribution in [1.82, 2.24) is 0 Å². The van der Waals surface area contributed by atoms with Crippen LogP contribution >= 0.6 is 0 Å². The van der Waals surface area contributed by atoms with Gasteiger partial charge in [0.05, 0.1) is 13.7 Å². The van der Waals surface area contributed by atoms with Crippen LogP contribution in [0.15, 0.2) is 11.3 Å². The zero-order chi connectivity index (χ0) is 14.4. The summed E-state index contributed by atoms with van der Waals surface area (Å²) in [5, 5.41) is 12.5. The predicted octanol–water partition coefficient (Wildman–Crippen LogP) is 5.46. The van der Waals surface area contributed by atoms with Crippen LogP contribution in [0.3, 0.4) is 0 Å². The van der Waals surface area contributed by atoms with Gasteiger partial charge >= 0.3 is 0 Å². The van der Waals surface area contributed by atoms with Crippen molar-refractivity contribution in [3.63, 3.8) is 0 Å². The van der Waals surface area contributed by atoms with Crippen molar-refractivity contribution in [3.05, 3.63) is 11.3 Å². The Balaban J connectivity index is 2.68. The molecule has 1 aliphatic rings. The Morgan fingerprint density at radius 1 is 1.05 bits per heavy atom. The van der Waals surface area contributed by atoms with Crippen LogP contribution in [0.5, 0.6) is 0 Å². The zero-order valence-corrected chi connectivity index (χ0v) is 14.6. The maximum absolute atomic E-state index is 11.0. The summed E-state index contributed by atoms with van der Waals surface area (Å²) >= 11 is 0. The predicted molar refractivity (Wildman–Crippen MR) is 88.2 cm³/mol. The summed E-state index contributed by atoms with van der Waals surface area (Å²) in [6.07, 6.45) is 14.6. The van der Waals surface area contributed by atoms with E-state index >= 15 is 0 Å². The average molecular weight is 283 g/mol. The Morgan fingerprint density at radius 2 is 1.68 bits per heavy atom. The van der Waals surface area contributed by atoms with E-state index in [9.17, 15) is 5.11 Å². The lowest BCUT2D eigenvalue weighted by atomic mass is 9.84. The van der Waals surface area contributed by atoms with E-state index in [4.69, 9.17) is 0 Å². The highest BCUT2D eigenvalue weighted by molar-refractivity contribution is 6.83. The number of allylic oxidation sites excluding steroid dienone is 1.